The molecule has 1 aliphatic carbocycles. The molecule has 0 fully saturated rings. The lowest BCUT2D eigenvalue weighted by molar-refractivity contribution is 0.0487. The van der Waals surface area contributed by atoms with Crippen LogP contribution < -0.4 is 9.47 Å². The summed E-state index contributed by atoms with van der Waals surface area (Å²) < 4.78 is 12.1. The van der Waals surface area contributed by atoms with Gasteiger partial charge in [0.05, 0.1) is 0 Å². The number of fused-ring (bicyclic) bond motifs is 2. The summed E-state index contributed by atoms with van der Waals surface area (Å²) in [5.74, 6) is 1.60. The molecule has 0 spiro atoms. The van der Waals surface area contributed by atoms with E-state index in [0.29, 0.717) is 0 Å². The lowest BCUT2D eigenvalue weighted by atomic mass is 9.63. The summed E-state index contributed by atoms with van der Waals surface area (Å²) in [5.41, 5.74) is 8.14. The Morgan fingerprint density at radius 1 is 0.781 bits per heavy atom. The molecule has 2 nitrogen and oxygen atoms in total. The summed E-state index contributed by atoms with van der Waals surface area (Å²) >= 11 is 0. The largest absolute Gasteiger partial charge is 0.447 e. The minimum absolute atomic E-state index is 0.215. The van der Waals surface area contributed by atoms with E-state index in [9.17, 15) is 0 Å². The Balaban J connectivity index is 1.43. The maximum atomic E-state index is 6.09. The minimum atomic E-state index is -0.377. The van der Waals surface area contributed by atoms with Crippen LogP contribution in [0.3, 0.4) is 0 Å². The highest BCUT2D eigenvalue weighted by Gasteiger charge is 2.37. The van der Waals surface area contributed by atoms with Crippen molar-refractivity contribution in [3.8, 4) is 11.5 Å². The molecule has 1 atom stereocenters. The molecule has 164 valence electrons. The first-order valence-corrected chi connectivity index (χ1v) is 11.6. The van der Waals surface area contributed by atoms with Crippen LogP contribution in [0.25, 0.3) is 11.6 Å². The van der Waals surface area contributed by atoms with Crippen molar-refractivity contribution in [2.45, 2.75) is 64.6 Å². The summed E-state index contributed by atoms with van der Waals surface area (Å²) in [4.78, 5) is 0. The zero-order chi connectivity index (χ0) is 22.5. The molecule has 1 aliphatic heterocycles. The van der Waals surface area contributed by atoms with Gasteiger partial charge < -0.3 is 9.47 Å². The van der Waals surface area contributed by atoms with Gasteiger partial charge in [-0.3, -0.25) is 0 Å². The van der Waals surface area contributed by atoms with Crippen molar-refractivity contribution in [3.05, 3.63) is 94.5 Å². The lowest BCUT2D eigenvalue weighted by Gasteiger charge is -2.42. The van der Waals surface area contributed by atoms with Crippen LogP contribution in [-0.4, -0.2) is 0 Å². The number of ether oxygens (including phenoxy) is 2. The van der Waals surface area contributed by atoms with Gasteiger partial charge in [-0.25, -0.2) is 0 Å². The molecule has 0 aromatic heterocycles. The van der Waals surface area contributed by atoms with Crippen LogP contribution in [0.1, 0.15) is 81.6 Å². The second kappa shape index (κ2) is 7.55. The third kappa shape index (κ3) is 3.72. The van der Waals surface area contributed by atoms with Gasteiger partial charge in [-0.2, -0.15) is 0 Å². The summed E-state index contributed by atoms with van der Waals surface area (Å²) in [6.07, 6.45) is 4.33. The quantitative estimate of drug-likeness (QED) is 0.396. The number of hydrogen-bond donors (Lipinski definition) is 0. The Kier molecular flexibility index (Phi) is 4.93. The first-order valence-electron chi connectivity index (χ1n) is 11.6. The summed E-state index contributed by atoms with van der Waals surface area (Å²) in [5, 5.41) is 0. The van der Waals surface area contributed by atoms with Crippen molar-refractivity contribution >= 4 is 11.6 Å². The van der Waals surface area contributed by atoms with Gasteiger partial charge in [0, 0.05) is 5.56 Å². The predicted molar refractivity (Wildman–Crippen MR) is 132 cm³/mol. The van der Waals surface area contributed by atoms with E-state index in [2.05, 4.69) is 71.0 Å². The summed E-state index contributed by atoms with van der Waals surface area (Å²) in [7, 11) is 0. The van der Waals surface area contributed by atoms with E-state index in [-0.39, 0.29) is 17.1 Å². The summed E-state index contributed by atoms with van der Waals surface area (Å²) in [6, 6.07) is 23.3. The molecular formula is C30H32O2. The zero-order valence-corrected chi connectivity index (χ0v) is 19.7. The van der Waals surface area contributed by atoms with Gasteiger partial charge in [-0.1, -0.05) is 88.4 Å². The number of allylic oxidation sites excluding steroid dienone is 1. The van der Waals surface area contributed by atoms with Crippen molar-refractivity contribution in [3.63, 3.8) is 0 Å². The van der Waals surface area contributed by atoms with Gasteiger partial charge in [0.2, 0.25) is 0 Å². The zero-order valence-electron chi connectivity index (χ0n) is 19.7. The van der Waals surface area contributed by atoms with Gasteiger partial charge in [-0.15, -0.1) is 0 Å². The van der Waals surface area contributed by atoms with Gasteiger partial charge in [0.1, 0.15) is 0 Å². The maximum Gasteiger partial charge on any atom is 0.267 e. The van der Waals surface area contributed by atoms with Gasteiger partial charge >= 0.3 is 0 Å². The van der Waals surface area contributed by atoms with Crippen molar-refractivity contribution in [2.75, 3.05) is 0 Å². The Morgan fingerprint density at radius 2 is 1.47 bits per heavy atom. The van der Waals surface area contributed by atoms with E-state index in [1.165, 1.54) is 35.1 Å². The first kappa shape index (κ1) is 20.9. The molecule has 0 bridgehead atoms. The van der Waals surface area contributed by atoms with E-state index in [1.54, 1.807) is 0 Å². The molecule has 3 aromatic rings. The van der Waals surface area contributed by atoms with Crippen molar-refractivity contribution in [2.24, 2.45) is 0 Å². The normalized spacial score (nSPS) is 20.7. The Labute approximate surface area is 191 Å². The molecular weight excluding hydrogens is 392 g/mol. The first-order chi connectivity index (χ1) is 15.2. The van der Waals surface area contributed by atoms with Gasteiger partial charge in [0.25, 0.3) is 6.29 Å². The van der Waals surface area contributed by atoms with Gasteiger partial charge in [-0.05, 0) is 70.6 Å². The standard InChI is InChI=1S/C30H32O2/c1-20(23-12-13-24-25(19-23)30(4,5)16-15-29(24,2)3)17-21-11-14-26-27(18-21)32-28(31-26)22-9-7-6-8-10-22/h6-14,17-19,28H,15-16H2,1-5H3. The highest BCUT2D eigenvalue weighted by molar-refractivity contribution is 5.81. The molecule has 32 heavy (non-hydrogen) atoms. The second-order valence-electron chi connectivity index (χ2n) is 10.5. The molecule has 5 rings (SSSR count). The molecule has 0 N–H and O–H groups in total. The maximum absolute atomic E-state index is 6.09. The smallest absolute Gasteiger partial charge is 0.267 e. The van der Waals surface area contributed by atoms with E-state index in [1.807, 2.05) is 36.4 Å². The number of hydrogen-bond acceptors (Lipinski definition) is 2. The lowest BCUT2D eigenvalue weighted by Crippen LogP contribution is -2.33. The van der Waals surface area contributed by atoms with Crippen LogP contribution in [0, 0.1) is 0 Å². The van der Waals surface area contributed by atoms with E-state index in [0.717, 1.165) is 22.6 Å². The van der Waals surface area contributed by atoms with Crippen LogP contribution >= 0.6 is 0 Å². The van der Waals surface area contributed by atoms with Crippen LogP contribution in [0.2, 0.25) is 0 Å². The fourth-order valence-electron chi connectivity index (χ4n) is 4.97. The summed E-state index contributed by atoms with van der Waals surface area (Å²) in [6.45, 7) is 11.7. The molecule has 3 aromatic carbocycles. The predicted octanol–water partition coefficient (Wildman–Crippen LogP) is 8.07. The van der Waals surface area contributed by atoms with Crippen molar-refractivity contribution in [1.29, 1.82) is 0 Å². The van der Waals surface area contributed by atoms with E-state index < -0.39 is 0 Å². The average Bonchev–Trinajstić information content (AvgIpc) is 3.21. The Hall–Kier alpha value is -3.00. The topological polar surface area (TPSA) is 18.5 Å². The molecule has 2 heteroatoms. The second-order valence-corrected chi connectivity index (χ2v) is 10.5. The molecule has 1 unspecified atom stereocenters. The number of rotatable bonds is 3. The molecule has 0 saturated heterocycles. The monoisotopic (exact) mass is 424 g/mol. The average molecular weight is 425 g/mol. The SMILES string of the molecule is CC(=Cc1ccc2c(c1)OC(c1ccccc1)O2)c1ccc2c(c1)C(C)(C)CCC2(C)C. The molecule has 0 saturated carbocycles. The molecule has 1 heterocycles. The van der Waals surface area contributed by atoms with Crippen LogP contribution in [-0.2, 0) is 10.8 Å². The fraction of sp³-hybridized carbons (Fsp3) is 0.333. The third-order valence-corrected chi connectivity index (χ3v) is 7.20. The highest BCUT2D eigenvalue weighted by atomic mass is 16.7. The Morgan fingerprint density at radius 3 is 2.22 bits per heavy atom. The van der Waals surface area contributed by atoms with E-state index in [4.69, 9.17) is 9.47 Å². The Bertz CT molecular complexity index is 1180. The fourth-order valence-corrected chi connectivity index (χ4v) is 4.97. The minimum Gasteiger partial charge on any atom is -0.447 e. The van der Waals surface area contributed by atoms with Gasteiger partial charge in [0.15, 0.2) is 11.5 Å². The van der Waals surface area contributed by atoms with Crippen LogP contribution in [0.5, 0.6) is 11.5 Å². The molecule has 0 amide bonds. The molecule has 0 radical (unpaired) electrons. The van der Waals surface area contributed by atoms with Crippen molar-refractivity contribution in [1.82, 2.24) is 0 Å². The third-order valence-electron chi connectivity index (χ3n) is 7.20. The van der Waals surface area contributed by atoms with E-state index >= 15 is 0 Å². The van der Waals surface area contributed by atoms with Crippen LogP contribution in [0.15, 0.2) is 66.7 Å². The molecule has 2 aliphatic rings. The highest BCUT2D eigenvalue weighted by Crippen LogP contribution is 2.46. The number of benzene rings is 3. The van der Waals surface area contributed by atoms with Crippen molar-refractivity contribution < 1.29 is 9.47 Å². The van der Waals surface area contributed by atoms with Crippen LogP contribution in [0.4, 0.5) is 0 Å².